The standard InChI is InChI=1S/C27H29N3O4S/c1-15(2)18-7-9-19(10-8-18)23-21(13-28)26(30-25(32)24(23)27(33)34-5)35-14-22(31)29-20-11-6-16(3)17(4)12-20/h6-12,15,23-24H,14H2,1-5H3,(H,29,31)(H,30,32). The van der Waals surface area contributed by atoms with Gasteiger partial charge in [-0.3, -0.25) is 14.4 Å². The molecule has 0 fully saturated rings. The van der Waals surface area contributed by atoms with Gasteiger partial charge in [-0.05, 0) is 54.2 Å². The van der Waals surface area contributed by atoms with Crippen molar-refractivity contribution in [1.82, 2.24) is 5.32 Å². The molecule has 3 rings (SSSR count). The number of aryl methyl sites for hydroxylation is 2. The van der Waals surface area contributed by atoms with Gasteiger partial charge in [0, 0.05) is 11.6 Å². The van der Waals surface area contributed by atoms with Gasteiger partial charge in [0.05, 0.1) is 29.5 Å². The van der Waals surface area contributed by atoms with Crippen molar-refractivity contribution in [1.29, 1.82) is 5.26 Å². The van der Waals surface area contributed by atoms with E-state index in [1.807, 2.05) is 56.3 Å². The Balaban J connectivity index is 1.89. The first-order valence-electron chi connectivity index (χ1n) is 11.3. The third-order valence-electron chi connectivity index (χ3n) is 6.08. The smallest absolute Gasteiger partial charge is 0.319 e. The average molecular weight is 492 g/mol. The number of nitriles is 1. The Hall–Kier alpha value is -3.57. The number of hydrogen-bond acceptors (Lipinski definition) is 6. The van der Waals surface area contributed by atoms with Gasteiger partial charge < -0.3 is 15.4 Å². The second-order valence-electron chi connectivity index (χ2n) is 8.78. The Morgan fingerprint density at radius 3 is 2.40 bits per heavy atom. The summed E-state index contributed by atoms with van der Waals surface area (Å²) < 4.78 is 4.88. The monoisotopic (exact) mass is 491 g/mol. The topological polar surface area (TPSA) is 108 Å². The maximum absolute atomic E-state index is 13.0. The maximum Gasteiger partial charge on any atom is 0.319 e. The zero-order valence-corrected chi connectivity index (χ0v) is 21.3. The minimum Gasteiger partial charge on any atom is -0.468 e. The van der Waals surface area contributed by atoms with Crippen molar-refractivity contribution < 1.29 is 19.1 Å². The van der Waals surface area contributed by atoms with Crippen LogP contribution in [0.25, 0.3) is 0 Å². The number of carbonyl (C=O) groups excluding carboxylic acids is 3. The molecule has 1 aliphatic rings. The highest BCUT2D eigenvalue weighted by molar-refractivity contribution is 8.03. The normalized spacial score (nSPS) is 17.6. The Kier molecular flexibility index (Phi) is 8.36. The van der Waals surface area contributed by atoms with Crippen molar-refractivity contribution in [2.75, 3.05) is 18.2 Å². The van der Waals surface area contributed by atoms with Crippen LogP contribution in [0.15, 0.2) is 53.1 Å². The third kappa shape index (κ3) is 5.92. The summed E-state index contributed by atoms with van der Waals surface area (Å²) in [5, 5.41) is 15.8. The number of amides is 2. The number of thioether (sulfide) groups is 1. The number of methoxy groups -OCH3 is 1. The van der Waals surface area contributed by atoms with Crippen molar-refractivity contribution in [2.45, 2.75) is 39.5 Å². The predicted molar refractivity (Wildman–Crippen MR) is 137 cm³/mol. The summed E-state index contributed by atoms with van der Waals surface area (Å²) in [6.45, 7) is 8.09. The van der Waals surface area contributed by atoms with E-state index >= 15 is 0 Å². The molecule has 0 saturated heterocycles. The molecule has 35 heavy (non-hydrogen) atoms. The number of ether oxygens (including phenoxy) is 1. The van der Waals surface area contributed by atoms with Crippen molar-refractivity contribution >= 4 is 35.2 Å². The van der Waals surface area contributed by atoms with Crippen LogP contribution in [0, 0.1) is 31.1 Å². The van der Waals surface area contributed by atoms with Crippen LogP contribution in [0.3, 0.4) is 0 Å². The molecule has 7 nitrogen and oxygen atoms in total. The molecule has 1 heterocycles. The molecule has 2 atom stereocenters. The lowest BCUT2D eigenvalue weighted by atomic mass is 9.78. The highest BCUT2D eigenvalue weighted by Gasteiger charge is 2.44. The molecule has 0 spiro atoms. The van der Waals surface area contributed by atoms with E-state index in [-0.39, 0.29) is 22.3 Å². The average Bonchev–Trinajstić information content (AvgIpc) is 2.84. The summed E-state index contributed by atoms with van der Waals surface area (Å²) in [4.78, 5) is 38.1. The van der Waals surface area contributed by atoms with Crippen molar-refractivity contribution in [3.05, 3.63) is 75.3 Å². The Bertz CT molecular complexity index is 1210. The first-order valence-corrected chi connectivity index (χ1v) is 12.3. The van der Waals surface area contributed by atoms with Gasteiger partial charge in [0.25, 0.3) is 0 Å². The lowest BCUT2D eigenvalue weighted by Crippen LogP contribution is -2.44. The lowest BCUT2D eigenvalue weighted by Gasteiger charge is -2.31. The first-order chi connectivity index (χ1) is 16.7. The van der Waals surface area contributed by atoms with E-state index in [0.717, 1.165) is 28.5 Å². The second kappa shape index (κ2) is 11.2. The number of hydrogen-bond donors (Lipinski definition) is 2. The molecule has 2 aromatic rings. The van der Waals surface area contributed by atoms with Gasteiger partial charge in [-0.15, -0.1) is 0 Å². The second-order valence-corrected chi connectivity index (χ2v) is 9.77. The van der Waals surface area contributed by atoms with Gasteiger partial charge in [0.1, 0.15) is 5.92 Å². The summed E-state index contributed by atoms with van der Waals surface area (Å²) in [5.41, 5.74) is 4.84. The molecular weight excluding hydrogens is 462 g/mol. The number of benzene rings is 2. The van der Waals surface area contributed by atoms with Gasteiger partial charge in [-0.1, -0.05) is 55.9 Å². The van der Waals surface area contributed by atoms with E-state index in [1.165, 1.54) is 7.11 Å². The van der Waals surface area contributed by atoms with Crippen LogP contribution in [0.5, 0.6) is 0 Å². The molecule has 2 unspecified atom stereocenters. The zero-order valence-electron chi connectivity index (χ0n) is 20.5. The SMILES string of the molecule is COC(=O)C1C(=O)NC(SCC(=O)Nc2ccc(C)c(C)c2)=C(C#N)C1c1ccc(C(C)C)cc1. The van der Waals surface area contributed by atoms with Gasteiger partial charge in [0.15, 0.2) is 0 Å². The molecule has 1 aliphatic heterocycles. The summed E-state index contributed by atoms with van der Waals surface area (Å²) >= 11 is 1.06. The molecule has 0 radical (unpaired) electrons. The van der Waals surface area contributed by atoms with Gasteiger partial charge in [-0.2, -0.15) is 5.26 Å². The number of rotatable bonds is 7. The van der Waals surface area contributed by atoms with Crippen molar-refractivity contribution in [3.63, 3.8) is 0 Å². The fourth-order valence-corrected chi connectivity index (χ4v) is 4.77. The number of esters is 1. The summed E-state index contributed by atoms with van der Waals surface area (Å²) in [5.74, 6) is -3.28. The molecule has 0 aromatic heterocycles. The van der Waals surface area contributed by atoms with E-state index in [4.69, 9.17) is 4.74 Å². The van der Waals surface area contributed by atoms with E-state index in [1.54, 1.807) is 0 Å². The summed E-state index contributed by atoms with van der Waals surface area (Å²) in [7, 11) is 1.21. The van der Waals surface area contributed by atoms with E-state index in [9.17, 15) is 19.6 Å². The minimum atomic E-state index is -1.20. The van der Waals surface area contributed by atoms with E-state index in [0.29, 0.717) is 17.2 Å². The number of anilines is 1. The number of carbonyl (C=O) groups is 3. The summed E-state index contributed by atoms with van der Waals surface area (Å²) in [6, 6.07) is 15.3. The van der Waals surface area contributed by atoms with Gasteiger partial charge in [-0.25, -0.2) is 0 Å². The fraction of sp³-hybridized carbons (Fsp3) is 0.333. The van der Waals surface area contributed by atoms with Crippen molar-refractivity contribution in [3.8, 4) is 6.07 Å². The molecule has 8 heteroatoms. The van der Waals surface area contributed by atoms with Crippen LogP contribution in [0.2, 0.25) is 0 Å². The first kappa shape index (κ1) is 26.0. The number of nitrogens with zero attached hydrogens (tertiary/aromatic N) is 1. The Morgan fingerprint density at radius 1 is 1.14 bits per heavy atom. The van der Waals surface area contributed by atoms with Gasteiger partial charge in [0.2, 0.25) is 11.8 Å². The molecule has 0 saturated carbocycles. The molecular formula is C27H29N3O4S. The number of nitrogens with one attached hydrogen (secondary N) is 2. The predicted octanol–water partition coefficient (Wildman–Crippen LogP) is 4.54. The molecule has 0 aliphatic carbocycles. The van der Waals surface area contributed by atoms with Crippen LogP contribution in [0.4, 0.5) is 5.69 Å². The highest BCUT2D eigenvalue weighted by Crippen LogP contribution is 2.40. The molecule has 2 N–H and O–H groups in total. The van der Waals surface area contributed by atoms with Crippen LogP contribution in [-0.4, -0.2) is 30.6 Å². The lowest BCUT2D eigenvalue weighted by molar-refractivity contribution is -0.150. The maximum atomic E-state index is 13.0. The molecule has 2 aromatic carbocycles. The summed E-state index contributed by atoms with van der Waals surface area (Å²) in [6.07, 6.45) is 0. The van der Waals surface area contributed by atoms with Crippen LogP contribution < -0.4 is 10.6 Å². The Morgan fingerprint density at radius 2 is 1.83 bits per heavy atom. The zero-order chi connectivity index (χ0) is 25.7. The quantitative estimate of drug-likeness (QED) is 0.435. The highest BCUT2D eigenvalue weighted by atomic mass is 32.2. The Labute approximate surface area is 209 Å². The van der Waals surface area contributed by atoms with Crippen LogP contribution in [0.1, 0.15) is 47.9 Å². The third-order valence-corrected chi connectivity index (χ3v) is 7.10. The van der Waals surface area contributed by atoms with Crippen LogP contribution in [-0.2, 0) is 19.1 Å². The number of allylic oxidation sites excluding steroid dienone is 1. The minimum absolute atomic E-state index is 0.0182. The van der Waals surface area contributed by atoms with Crippen molar-refractivity contribution in [2.24, 2.45) is 5.92 Å². The van der Waals surface area contributed by atoms with Crippen LogP contribution >= 0.6 is 11.8 Å². The largest absolute Gasteiger partial charge is 0.468 e. The van der Waals surface area contributed by atoms with E-state index < -0.39 is 23.7 Å². The van der Waals surface area contributed by atoms with E-state index in [2.05, 4.69) is 30.6 Å². The fourth-order valence-electron chi connectivity index (χ4n) is 3.92. The molecule has 182 valence electrons. The molecule has 0 bridgehead atoms. The molecule has 2 amide bonds. The van der Waals surface area contributed by atoms with Gasteiger partial charge >= 0.3 is 5.97 Å².